The second-order valence-corrected chi connectivity index (χ2v) is 7.09. The number of hydrogen-bond acceptors (Lipinski definition) is 3. The van der Waals surface area contributed by atoms with E-state index in [-0.39, 0.29) is 5.91 Å². The van der Waals surface area contributed by atoms with Crippen molar-refractivity contribution in [2.75, 3.05) is 19.0 Å². The minimum Gasteiger partial charge on any atom is -0.497 e. The molecule has 0 radical (unpaired) electrons. The van der Waals surface area contributed by atoms with Crippen LogP contribution in [0.25, 0.3) is 10.8 Å². The zero-order valence-electron chi connectivity index (χ0n) is 15.5. The van der Waals surface area contributed by atoms with Gasteiger partial charge in [0.15, 0.2) is 0 Å². The summed E-state index contributed by atoms with van der Waals surface area (Å²) in [4.78, 5) is 14.9. The van der Waals surface area contributed by atoms with E-state index in [9.17, 15) is 4.79 Å². The van der Waals surface area contributed by atoms with Crippen LogP contribution >= 0.6 is 0 Å². The maximum Gasteiger partial charge on any atom is 0.238 e. The first kappa shape index (κ1) is 17.6. The minimum atomic E-state index is 0.0330. The average Bonchev–Trinajstić information content (AvgIpc) is 3.53. The highest BCUT2D eigenvalue weighted by atomic mass is 16.5. The van der Waals surface area contributed by atoms with Gasteiger partial charge in [-0.05, 0) is 53.4 Å². The van der Waals surface area contributed by atoms with Gasteiger partial charge in [-0.15, -0.1) is 0 Å². The van der Waals surface area contributed by atoms with E-state index in [0.29, 0.717) is 12.6 Å². The third-order valence-corrected chi connectivity index (χ3v) is 4.99. The number of methoxy groups -OCH3 is 1. The molecule has 27 heavy (non-hydrogen) atoms. The van der Waals surface area contributed by atoms with E-state index >= 15 is 0 Å². The number of nitrogens with one attached hydrogen (secondary N) is 1. The fraction of sp³-hybridized carbons (Fsp3) is 0.261. The van der Waals surface area contributed by atoms with Gasteiger partial charge >= 0.3 is 0 Å². The fourth-order valence-corrected chi connectivity index (χ4v) is 3.37. The summed E-state index contributed by atoms with van der Waals surface area (Å²) in [5.41, 5.74) is 2.04. The Morgan fingerprint density at radius 3 is 2.48 bits per heavy atom. The molecule has 0 aromatic heterocycles. The van der Waals surface area contributed by atoms with E-state index in [4.69, 9.17) is 4.74 Å². The van der Waals surface area contributed by atoms with Crippen molar-refractivity contribution < 1.29 is 9.53 Å². The van der Waals surface area contributed by atoms with E-state index < -0.39 is 0 Å². The SMILES string of the molecule is COc1ccc(CN(CC(=O)Nc2ccc3ccccc3c2)C2CC2)cc1. The molecule has 0 aliphatic heterocycles. The molecular weight excluding hydrogens is 336 g/mol. The maximum absolute atomic E-state index is 12.6. The van der Waals surface area contributed by atoms with Crippen LogP contribution in [0.5, 0.6) is 5.75 Å². The van der Waals surface area contributed by atoms with Crippen LogP contribution in [0.4, 0.5) is 5.69 Å². The van der Waals surface area contributed by atoms with Gasteiger partial charge in [0.05, 0.1) is 13.7 Å². The van der Waals surface area contributed by atoms with Crippen molar-refractivity contribution in [1.29, 1.82) is 0 Å². The summed E-state index contributed by atoms with van der Waals surface area (Å²) in [7, 11) is 1.67. The minimum absolute atomic E-state index is 0.0330. The smallest absolute Gasteiger partial charge is 0.238 e. The van der Waals surface area contributed by atoms with E-state index in [1.54, 1.807) is 7.11 Å². The predicted molar refractivity (Wildman–Crippen MR) is 109 cm³/mol. The van der Waals surface area contributed by atoms with Crippen LogP contribution < -0.4 is 10.1 Å². The Morgan fingerprint density at radius 1 is 1.04 bits per heavy atom. The van der Waals surface area contributed by atoms with E-state index in [2.05, 4.69) is 34.5 Å². The molecule has 3 aromatic carbocycles. The second-order valence-electron chi connectivity index (χ2n) is 7.09. The number of rotatable bonds is 7. The molecule has 0 unspecified atom stereocenters. The lowest BCUT2D eigenvalue weighted by atomic mass is 10.1. The van der Waals surface area contributed by atoms with Crippen LogP contribution in [-0.2, 0) is 11.3 Å². The molecule has 0 spiro atoms. The maximum atomic E-state index is 12.6. The summed E-state index contributed by atoms with van der Waals surface area (Å²) in [5, 5.41) is 5.36. The number of carbonyl (C=O) groups excluding carboxylic acids is 1. The highest BCUT2D eigenvalue weighted by Crippen LogP contribution is 2.28. The van der Waals surface area contributed by atoms with Gasteiger partial charge in [-0.2, -0.15) is 0 Å². The Morgan fingerprint density at radius 2 is 1.78 bits per heavy atom. The number of fused-ring (bicyclic) bond motifs is 1. The van der Waals surface area contributed by atoms with E-state index in [0.717, 1.165) is 23.4 Å². The monoisotopic (exact) mass is 360 g/mol. The quantitative estimate of drug-likeness (QED) is 0.677. The lowest BCUT2D eigenvalue weighted by Gasteiger charge is -2.21. The summed E-state index contributed by atoms with van der Waals surface area (Å²) < 4.78 is 5.22. The Kier molecular flexibility index (Phi) is 5.07. The molecule has 4 heteroatoms. The molecule has 1 amide bonds. The third kappa shape index (κ3) is 4.47. The second kappa shape index (κ2) is 7.80. The highest BCUT2D eigenvalue weighted by molar-refractivity contribution is 5.95. The number of hydrogen-bond donors (Lipinski definition) is 1. The molecule has 0 heterocycles. The molecule has 0 bridgehead atoms. The number of carbonyl (C=O) groups is 1. The summed E-state index contributed by atoms with van der Waals surface area (Å²) in [6, 6.07) is 22.8. The molecule has 0 atom stereocenters. The molecule has 1 fully saturated rings. The van der Waals surface area contributed by atoms with Crippen molar-refractivity contribution in [3.8, 4) is 5.75 Å². The Bertz CT molecular complexity index is 933. The average molecular weight is 360 g/mol. The number of benzene rings is 3. The van der Waals surface area contributed by atoms with Gasteiger partial charge in [0.1, 0.15) is 5.75 Å². The zero-order valence-corrected chi connectivity index (χ0v) is 15.5. The molecular formula is C23H24N2O2. The van der Waals surface area contributed by atoms with Crippen LogP contribution in [0.15, 0.2) is 66.7 Å². The van der Waals surface area contributed by atoms with Gasteiger partial charge in [0, 0.05) is 18.3 Å². The van der Waals surface area contributed by atoms with Gasteiger partial charge in [-0.3, -0.25) is 9.69 Å². The number of nitrogens with zero attached hydrogens (tertiary/aromatic N) is 1. The first-order valence-corrected chi connectivity index (χ1v) is 9.37. The van der Waals surface area contributed by atoms with E-state index in [1.807, 2.05) is 42.5 Å². The first-order valence-electron chi connectivity index (χ1n) is 9.37. The van der Waals surface area contributed by atoms with Gasteiger partial charge in [-0.25, -0.2) is 0 Å². The van der Waals surface area contributed by atoms with Gasteiger partial charge in [0.25, 0.3) is 0 Å². The topological polar surface area (TPSA) is 41.6 Å². The molecule has 0 saturated heterocycles. The Labute approximate surface area is 159 Å². The van der Waals surface area contributed by atoms with E-state index in [1.165, 1.54) is 23.8 Å². The normalized spacial score (nSPS) is 13.7. The van der Waals surface area contributed by atoms with Crippen LogP contribution in [0.2, 0.25) is 0 Å². The lowest BCUT2D eigenvalue weighted by Crippen LogP contribution is -2.34. The third-order valence-electron chi connectivity index (χ3n) is 4.99. The number of amides is 1. The van der Waals surface area contributed by atoms with Crippen LogP contribution in [-0.4, -0.2) is 30.5 Å². The number of ether oxygens (including phenoxy) is 1. The first-order chi connectivity index (χ1) is 13.2. The summed E-state index contributed by atoms with van der Waals surface area (Å²) in [6.07, 6.45) is 2.33. The van der Waals surface area contributed by atoms with Crippen molar-refractivity contribution in [1.82, 2.24) is 4.90 Å². The molecule has 138 valence electrons. The van der Waals surface area contributed by atoms with Crippen molar-refractivity contribution in [2.24, 2.45) is 0 Å². The van der Waals surface area contributed by atoms with Gasteiger partial charge in [0.2, 0.25) is 5.91 Å². The molecule has 4 nitrogen and oxygen atoms in total. The Balaban J connectivity index is 1.40. The molecule has 1 aliphatic carbocycles. The summed E-state index contributed by atoms with van der Waals surface area (Å²) >= 11 is 0. The van der Waals surface area contributed by atoms with Crippen molar-refractivity contribution in [2.45, 2.75) is 25.4 Å². The predicted octanol–water partition coefficient (Wildman–Crippen LogP) is 4.45. The molecule has 1 N–H and O–H groups in total. The fourth-order valence-electron chi connectivity index (χ4n) is 3.37. The summed E-state index contributed by atoms with van der Waals surface area (Å²) in [6.45, 7) is 1.18. The van der Waals surface area contributed by atoms with Crippen LogP contribution in [0, 0.1) is 0 Å². The number of anilines is 1. The molecule has 4 rings (SSSR count). The van der Waals surface area contributed by atoms with Crippen LogP contribution in [0.1, 0.15) is 18.4 Å². The van der Waals surface area contributed by atoms with Gasteiger partial charge < -0.3 is 10.1 Å². The van der Waals surface area contributed by atoms with Crippen LogP contribution in [0.3, 0.4) is 0 Å². The largest absolute Gasteiger partial charge is 0.497 e. The lowest BCUT2D eigenvalue weighted by molar-refractivity contribution is -0.117. The zero-order chi connectivity index (χ0) is 18.6. The van der Waals surface area contributed by atoms with Crippen molar-refractivity contribution >= 4 is 22.4 Å². The molecule has 3 aromatic rings. The van der Waals surface area contributed by atoms with Crippen molar-refractivity contribution in [3.63, 3.8) is 0 Å². The standard InChI is InChI=1S/C23H24N2O2/c1-27-22-12-6-17(7-13-22)15-25(21-10-11-21)16-23(26)24-20-9-8-18-4-2-3-5-19(18)14-20/h2-9,12-14,21H,10-11,15-16H2,1H3,(H,24,26). The van der Waals surface area contributed by atoms with Gasteiger partial charge in [-0.1, -0.05) is 42.5 Å². The summed E-state index contributed by atoms with van der Waals surface area (Å²) in [5.74, 6) is 0.886. The Hall–Kier alpha value is -2.85. The molecule has 1 saturated carbocycles. The van der Waals surface area contributed by atoms with Crippen molar-refractivity contribution in [3.05, 3.63) is 72.3 Å². The molecule has 1 aliphatic rings. The highest BCUT2D eigenvalue weighted by Gasteiger charge is 2.30.